The number of carboxylic acids is 1. The van der Waals surface area contributed by atoms with E-state index in [4.69, 9.17) is 26.2 Å². The monoisotopic (exact) mass is 396 g/mol. The number of hydrogen-bond donors (Lipinski definition) is 1. The smallest absolute Gasteiger partial charge is 0.328 e. The Hall–Kier alpha value is -1.98. The van der Waals surface area contributed by atoms with Gasteiger partial charge in [-0.15, -0.1) is 0 Å². The maximum atomic E-state index is 10.6. The zero-order valence-electron chi connectivity index (χ0n) is 12.0. The standard InChI is InChI=1S/C17H14BrClO4/c18-13-2-7-16(12(11-13)1-8-17(20)21)23-10-9-22-15-5-3-14(19)4-6-15/h1-8,11H,9-10H2,(H,20,21). The second-order valence-corrected chi connectivity index (χ2v) is 5.86. The predicted octanol–water partition coefficient (Wildman–Crippen LogP) is 4.66. The first-order chi connectivity index (χ1) is 11.0. The first kappa shape index (κ1) is 17.4. The Bertz CT molecular complexity index is 698. The molecule has 6 heteroatoms. The first-order valence-corrected chi connectivity index (χ1v) is 7.93. The molecule has 23 heavy (non-hydrogen) atoms. The topological polar surface area (TPSA) is 55.8 Å². The molecule has 0 fully saturated rings. The molecule has 0 bridgehead atoms. The summed E-state index contributed by atoms with van der Waals surface area (Å²) >= 11 is 9.15. The lowest BCUT2D eigenvalue weighted by molar-refractivity contribution is -0.131. The predicted molar refractivity (Wildman–Crippen MR) is 93.3 cm³/mol. The largest absolute Gasteiger partial charge is 0.490 e. The van der Waals surface area contributed by atoms with Gasteiger partial charge in [0.15, 0.2) is 0 Å². The molecular formula is C17H14BrClO4. The summed E-state index contributed by atoms with van der Waals surface area (Å²) in [6.45, 7) is 0.692. The average Bonchev–Trinajstić information content (AvgIpc) is 2.52. The van der Waals surface area contributed by atoms with Gasteiger partial charge in [0, 0.05) is 21.1 Å². The Kier molecular flexibility index (Phi) is 6.50. The van der Waals surface area contributed by atoms with Gasteiger partial charge in [-0.25, -0.2) is 4.79 Å². The molecule has 0 aliphatic rings. The Morgan fingerprint density at radius 3 is 2.52 bits per heavy atom. The van der Waals surface area contributed by atoms with Crippen molar-refractivity contribution in [1.82, 2.24) is 0 Å². The zero-order chi connectivity index (χ0) is 16.7. The summed E-state index contributed by atoms with van der Waals surface area (Å²) in [4.78, 5) is 10.6. The van der Waals surface area contributed by atoms with Crippen molar-refractivity contribution in [2.45, 2.75) is 0 Å². The van der Waals surface area contributed by atoms with Crippen LogP contribution in [0.2, 0.25) is 5.02 Å². The Morgan fingerprint density at radius 2 is 1.83 bits per heavy atom. The van der Waals surface area contributed by atoms with E-state index in [1.165, 1.54) is 6.08 Å². The van der Waals surface area contributed by atoms with Crippen molar-refractivity contribution >= 4 is 39.6 Å². The Morgan fingerprint density at radius 1 is 1.13 bits per heavy atom. The van der Waals surface area contributed by atoms with E-state index < -0.39 is 5.97 Å². The zero-order valence-corrected chi connectivity index (χ0v) is 14.4. The normalized spacial score (nSPS) is 10.7. The summed E-state index contributed by atoms with van der Waals surface area (Å²) in [5.41, 5.74) is 0.674. The van der Waals surface area contributed by atoms with Crippen LogP contribution in [-0.2, 0) is 4.79 Å². The van der Waals surface area contributed by atoms with E-state index >= 15 is 0 Å². The van der Waals surface area contributed by atoms with Crippen LogP contribution in [0.5, 0.6) is 11.5 Å². The molecule has 0 radical (unpaired) electrons. The molecule has 120 valence electrons. The van der Waals surface area contributed by atoms with Gasteiger partial charge in [-0.05, 0) is 48.5 Å². The molecular weight excluding hydrogens is 384 g/mol. The Labute approximate surface area is 147 Å². The van der Waals surface area contributed by atoms with E-state index in [1.54, 1.807) is 36.4 Å². The number of carbonyl (C=O) groups is 1. The molecule has 0 aliphatic heterocycles. The van der Waals surface area contributed by atoms with E-state index in [9.17, 15) is 4.79 Å². The van der Waals surface area contributed by atoms with Gasteiger partial charge >= 0.3 is 5.97 Å². The molecule has 2 rings (SSSR count). The number of hydrogen-bond acceptors (Lipinski definition) is 3. The third-order valence-corrected chi connectivity index (χ3v) is 3.55. The molecule has 2 aromatic rings. The van der Waals surface area contributed by atoms with E-state index in [0.29, 0.717) is 35.3 Å². The van der Waals surface area contributed by atoms with Crippen LogP contribution in [0.15, 0.2) is 53.0 Å². The second-order valence-electron chi connectivity index (χ2n) is 4.50. The molecule has 0 saturated heterocycles. The summed E-state index contributed by atoms with van der Waals surface area (Å²) in [6.07, 6.45) is 2.56. The van der Waals surface area contributed by atoms with Crippen molar-refractivity contribution < 1.29 is 19.4 Å². The summed E-state index contributed by atoms with van der Waals surface area (Å²) in [7, 11) is 0. The number of aliphatic carboxylic acids is 1. The van der Waals surface area contributed by atoms with Crippen LogP contribution in [0.1, 0.15) is 5.56 Å². The molecule has 0 aliphatic carbocycles. The van der Waals surface area contributed by atoms with E-state index in [1.807, 2.05) is 6.07 Å². The maximum Gasteiger partial charge on any atom is 0.328 e. The lowest BCUT2D eigenvalue weighted by atomic mass is 10.2. The van der Waals surface area contributed by atoms with Crippen LogP contribution in [0, 0.1) is 0 Å². The summed E-state index contributed by atoms with van der Waals surface area (Å²) in [5, 5.41) is 9.38. The van der Waals surface area contributed by atoms with Gasteiger partial charge < -0.3 is 14.6 Å². The van der Waals surface area contributed by atoms with Gasteiger partial charge in [0.1, 0.15) is 24.7 Å². The minimum atomic E-state index is -1.01. The number of ether oxygens (including phenoxy) is 2. The van der Waals surface area contributed by atoms with E-state index in [0.717, 1.165) is 10.5 Å². The number of halogens is 2. The molecule has 0 unspecified atom stereocenters. The lowest BCUT2D eigenvalue weighted by Crippen LogP contribution is -2.09. The van der Waals surface area contributed by atoms with Crippen LogP contribution in [0.4, 0.5) is 0 Å². The number of rotatable bonds is 7. The fourth-order valence-electron chi connectivity index (χ4n) is 1.78. The highest BCUT2D eigenvalue weighted by atomic mass is 79.9. The van der Waals surface area contributed by atoms with Crippen LogP contribution in [-0.4, -0.2) is 24.3 Å². The highest BCUT2D eigenvalue weighted by Gasteiger charge is 2.03. The van der Waals surface area contributed by atoms with Gasteiger partial charge in [0.2, 0.25) is 0 Å². The van der Waals surface area contributed by atoms with Gasteiger partial charge in [-0.1, -0.05) is 27.5 Å². The maximum absolute atomic E-state index is 10.6. The van der Waals surface area contributed by atoms with Crippen LogP contribution in [0.3, 0.4) is 0 Å². The average molecular weight is 398 g/mol. The SMILES string of the molecule is O=C(O)C=Cc1cc(Br)ccc1OCCOc1ccc(Cl)cc1. The van der Waals surface area contributed by atoms with Gasteiger partial charge in [0.25, 0.3) is 0 Å². The summed E-state index contributed by atoms with van der Waals surface area (Å²) in [5.74, 6) is 0.284. The first-order valence-electron chi connectivity index (χ1n) is 6.76. The fourth-order valence-corrected chi connectivity index (χ4v) is 2.29. The number of carboxylic acid groups (broad SMARTS) is 1. The molecule has 0 saturated carbocycles. The lowest BCUT2D eigenvalue weighted by Gasteiger charge is -2.11. The van der Waals surface area contributed by atoms with Crippen molar-refractivity contribution in [3.63, 3.8) is 0 Å². The molecule has 2 aromatic carbocycles. The molecule has 4 nitrogen and oxygen atoms in total. The molecule has 0 heterocycles. The van der Waals surface area contributed by atoms with Gasteiger partial charge in [0.05, 0.1) is 0 Å². The van der Waals surface area contributed by atoms with Gasteiger partial charge in [-0.2, -0.15) is 0 Å². The van der Waals surface area contributed by atoms with E-state index in [2.05, 4.69) is 15.9 Å². The molecule has 0 atom stereocenters. The van der Waals surface area contributed by atoms with Crippen molar-refractivity contribution in [2.24, 2.45) is 0 Å². The fraction of sp³-hybridized carbons (Fsp3) is 0.118. The minimum absolute atomic E-state index is 0.332. The summed E-state index contributed by atoms with van der Waals surface area (Å²) < 4.78 is 12.0. The van der Waals surface area contributed by atoms with Crippen LogP contribution >= 0.6 is 27.5 Å². The third-order valence-electron chi connectivity index (χ3n) is 2.80. The quantitative estimate of drug-likeness (QED) is 0.545. The van der Waals surface area contributed by atoms with Gasteiger partial charge in [-0.3, -0.25) is 0 Å². The van der Waals surface area contributed by atoms with Crippen LogP contribution in [0.25, 0.3) is 6.08 Å². The highest BCUT2D eigenvalue weighted by Crippen LogP contribution is 2.24. The molecule has 1 N–H and O–H groups in total. The molecule has 0 spiro atoms. The molecule has 0 aromatic heterocycles. The Balaban J connectivity index is 1.92. The van der Waals surface area contributed by atoms with Crippen molar-refractivity contribution in [2.75, 3.05) is 13.2 Å². The summed E-state index contributed by atoms with van der Waals surface area (Å²) in [6, 6.07) is 12.4. The second kappa shape index (κ2) is 8.60. The number of benzene rings is 2. The van der Waals surface area contributed by atoms with Crippen molar-refractivity contribution in [3.8, 4) is 11.5 Å². The van der Waals surface area contributed by atoms with Crippen molar-refractivity contribution in [3.05, 3.63) is 63.6 Å². The molecule has 0 amide bonds. The van der Waals surface area contributed by atoms with Crippen LogP contribution < -0.4 is 9.47 Å². The highest BCUT2D eigenvalue weighted by molar-refractivity contribution is 9.10. The van der Waals surface area contributed by atoms with E-state index in [-0.39, 0.29) is 0 Å². The third kappa shape index (κ3) is 5.96. The minimum Gasteiger partial charge on any atom is -0.490 e. The van der Waals surface area contributed by atoms with Crippen molar-refractivity contribution in [1.29, 1.82) is 0 Å².